The van der Waals surface area contributed by atoms with Crippen molar-refractivity contribution in [1.82, 2.24) is 4.90 Å². The molecule has 0 saturated carbocycles. The predicted octanol–water partition coefficient (Wildman–Crippen LogP) is 2.57. The van der Waals surface area contributed by atoms with E-state index in [0.717, 1.165) is 23.3 Å². The second-order valence-electron chi connectivity index (χ2n) is 6.82. The zero-order valence-corrected chi connectivity index (χ0v) is 15.4. The maximum atomic E-state index is 13.2. The van der Waals surface area contributed by atoms with E-state index < -0.39 is 5.54 Å². The van der Waals surface area contributed by atoms with Gasteiger partial charge in [0.15, 0.2) is 5.78 Å². The standard InChI is InChI=1S/C19H29NO4/c1-14-12-16-13-15(6-7-17(16)24-14)18(21)19(2,3)20(8-10-22-4)9-11-23-5/h6-7,13-14H,8-12H2,1-5H3. The fourth-order valence-electron chi connectivity index (χ4n) is 3.13. The van der Waals surface area contributed by atoms with Crippen molar-refractivity contribution in [1.29, 1.82) is 0 Å². The van der Waals surface area contributed by atoms with E-state index in [1.165, 1.54) is 0 Å². The van der Waals surface area contributed by atoms with Crippen molar-refractivity contribution in [3.63, 3.8) is 0 Å². The SMILES string of the molecule is COCCN(CCOC)C(C)(C)C(=O)c1ccc2c(c1)CC(C)O2. The molecule has 5 heteroatoms. The Morgan fingerprint density at radius 1 is 1.25 bits per heavy atom. The van der Waals surface area contributed by atoms with Crippen LogP contribution in [0.3, 0.4) is 0 Å². The highest BCUT2D eigenvalue weighted by molar-refractivity contribution is 6.03. The molecule has 0 amide bonds. The minimum Gasteiger partial charge on any atom is -0.490 e. The van der Waals surface area contributed by atoms with E-state index in [0.29, 0.717) is 26.3 Å². The van der Waals surface area contributed by atoms with Gasteiger partial charge in [0.25, 0.3) is 0 Å². The average Bonchev–Trinajstić information content (AvgIpc) is 2.93. The van der Waals surface area contributed by atoms with Crippen LogP contribution in [-0.4, -0.2) is 62.8 Å². The van der Waals surface area contributed by atoms with Crippen LogP contribution in [0, 0.1) is 0 Å². The second kappa shape index (κ2) is 8.10. The number of benzene rings is 1. The molecule has 1 unspecified atom stereocenters. The third-order valence-electron chi connectivity index (χ3n) is 4.64. The van der Waals surface area contributed by atoms with Crippen LogP contribution in [0.4, 0.5) is 0 Å². The Morgan fingerprint density at radius 3 is 2.46 bits per heavy atom. The number of ketones is 1. The summed E-state index contributed by atoms with van der Waals surface area (Å²) in [6.45, 7) is 8.50. The van der Waals surface area contributed by atoms with Crippen molar-refractivity contribution >= 4 is 5.78 Å². The van der Waals surface area contributed by atoms with Gasteiger partial charge in [-0.3, -0.25) is 9.69 Å². The quantitative estimate of drug-likeness (QED) is 0.649. The van der Waals surface area contributed by atoms with Crippen LogP contribution in [0.5, 0.6) is 5.75 Å². The lowest BCUT2D eigenvalue weighted by atomic mass is 9.90. The Labute approximate surface area is 144 Å². The smallest absolute Gasteiger partial charge is 0.182 e. The lowest BCUT2D eigenvalue weighted by Crippen LogP contribution is -2.52. The van der Waals surface area contributed by atoms with Gasteiger partial charge in [0, 0.05) is 39.3 Å². The van der Waals surface area contributed by atoms with Crippen LogP contribution in [0.25, 0.3) is 0 Å². The van der Waals surface area contributed by atoms with Gasteiger partial charge in [0.2, 0.25) is 0 Å². The summed E-state index contributed by atoms with van der Waals surface area (Å²) < 4.78 is 16.1. The van der Waals surface area contributed by atoms with Gasteiger partial charge in [-0.2, -0.15) is 0 Å². The molecular weight excluding hydrogens is 306 g/mol. The van der Waals surface area contributed by atoms with Crippen LogP contribution in [0.2, 0.25) is 0 Å². The van der Waals surface area contributed by atoms with Crippen LogP contribution < -0.4 is 4.74 Å². The molecule has 1 aromatic carbocycles. The lowest BCUT2D eigenvalue weighted by Gasteiger charge is -2.37. The first-order valence-electron chi connectivity index (χ1n) is 8.47. The highest BCUT2D eigenvalue weighted by atomic mass is 16.5. The second-order valence-corrected chi connectivity index (χ2v) is 6.82. The third kappa shape index (κ3) is 4.15. The largest absolute Gasteiger partial charge is 0.490 e. The van der Waals surface area contributed by atoms with Gasteiger partial charge in [-0.05, 0) is 44.5 Å². The Kier molecular flexibility index (Phi) is 6.38. The number of rotatable bonds is 9. The van der Waals surface area contributed by atoms with Crippen molar-refractivity contribution in [2.45, 2.75) is 38.8 Å². The molecule has 0 saturated heterocycles. The zero-order chi connectivity index (χ0) is 17.7. The molecule has 134 valence electrons. The normalized spacial score (nSPS) is 17.0. The van der Waals surface area contributed by atoms with E-state index >= 15 is 0 Å². The molecule has 1 aliphatic heterocycles. The summed E-state index contributed by atoms with van der Waals surface area (Å²) in [5.41, 5.74) is 1.22. The van der Waals surface area contributed by atoms with E-state index in [1.807, 2.05) is 39.0 Å². The maximum absolute atomic E-state index is 13.2. The third-order valence-corrected chi connectivity index (χ3v) is 4.64. The van der Waals surface area contributed by atoms with Crippen molar-refractivity contribution in [2.24, 2.45) is 0 Å². The summed E-state index contributed by atoms with van der Waals surface area (Å²) in [6.07, 6.45) is 1.03. The molecule has 2 rings (SSSR count). The highest BCUT2D eigenvalue weighted by Crippen LogP contribution is 2.31. The molecule has 0 bridgehead atoms. The minimum absolute atomic E-state index is 0.108. The number of methoxy groups -OCH3 is 2. The van der Waals surface area contributed by atoms with Crippen molar-refractivity contribution < 1.29 is 19.0 Å². The Bertz CT molecular complexity index is 562. The maximum Gasteiger partial charge on any atom is 0.182 e. The summed E-state index contributed by atoms with van der Waals surface area (Å²) >= 11 is 0. The van der Waals surface area contributed by atoms with E-state index in [2.05, 4.69) is 4.90 Å². The van der Waals surface area contributed by atoms with Crippen LogP contribution in [-0.2, 0) is 15.9 Å². The molecule has 0 aliphatic carbocycles. The van der Waals surface area contributed by atoms with Gasteiger partial charge in [-0.25, -0.2) is 0 Å². The average molecular weight is 335 g/mol. The molecule has 0 spiro atoms. The first-order chi connectivity index (χ1) is 11.4. The van der Waals surface area contributed by atoms with Crippen LogP contribution >= 0.6 is 0 Å². The molecule has 1 aliphatic rings. The lowest BCUT2D eigenvalue weighted by molar-refractivity contribution is 0.0418. The van der Waals surface area contributed by atoms with E-state index in [-0.39, 0.29) is 11.9 Å². The minimum atomic E-state index is -0.629. The predicted molar refractivity (Wildman–Crippen MR) is 94.0 cm³/mol. The highest BCUT2D eigenvalue weighted by Gasteiger charge is 2.35. The molecule has 0 radical (unpaired) electrons. The Morgan fingerprint density at radius 2 is 1.88 bits per heavy atom. The number of carbonyl (C=O) groups excluding carboxylic acids is 1. The number of hydrogen-bond acceptors (Lipinski definition) is 5. The monoisotopic (exact) mass is 335 g/mol. The molecule has 1 heterocycles. The molecule has 24 heavy (non-hydrogen) atoms. The fraction of sp³-hybridized carbons (Fsp3) is 0.632. The number of ether oxygens (including phenoxy) is 3. The Balaban J connectivity index is 2.19. The van der Waals surface area contributed by atoms with Crippen LogP contribution in [0.15, 0.2) is 18.2 Å². The molecule has 5 nitrogen and oxygen atoms in total. The van der Waals surface area contributed by atoms with Crippen molar-refractivity contribution in [3.05, 3.63) is 29.3 Å². The van der Waals surface area contributed by atoms with E-state index in [9.17, 15) is 4.79 Å². The molecule has 1 aromatic rings. The summed E-state index contributed by atoms with van der Waals surface area (Å²) in [5, 5.41) is 0. The summed E-state index contributed by atoms with van der Waals surface area (Å²) in [7, 11) is 3.34. The summed E-state index contributed by atoms with van der Waals surface area (Å²) in [4.78, 5) is 15.3. The number of nitrogens with zero attached hydrogens (tertiary/aromatic N) is 1. The summed E-state index contributed by atoms with van der Waals surface area (Å²) in [5.74, 6) is 1.00. The van der Waals surface area contributed by atoms with Gasteiger partial charge in [0.1, 0.15) is 11.9 Å². The molecule has 1 atom stereocenters. The van der Waals surface area contributed by atoms with Gasteiger partial charge >= 0.3 is 0 Å². The van der Waals surface area contributed by atoms with Crippen molar-refractivity contribution in [2.75, 3.05) is 40.5 Å². The van der Waals surface area contributed by atoms with Gasteiger partial charge in [-0.15, -0.1) is 0 Å². The first-order valence-corrected chi connectivity index (χ1v) is 8.47. The molecule has 0 aromatic heterocycles. The van der Waals surface area contributed by atoms with Crippen LogP contribution in [0.1, 0.15) is 36.7 Å². The fourth-order valence-corrected chi connectivity index (χ4v) is 3.13. The number of Topliss-reactive ketones (excluding diaryl/α,β-unsaturated/α-hetero) is 1. The first kappa shape index (κ1) is 18.9. The molecule has 0 N–H and O–H groups in total. The van der Waals surface area contributed by atoms with Crippen molar-refractivity contribution in [3.8, 4) is 5.75 Å². The molecule has 0 fully saturated rings. The van der Waals surface area contributed by atoms with Gasteiger partial charge in [-0.1, -0.05) is 0 Å². The zero-order valence-electron chi connectivity index (χ0n) is 15.4. The van der Waals surface area contributed by atoms with E-state index in [1.54, 1.807) is 14.2 Å². The van der Waals surface area contributed by atoms with Gasteiger partial charge < -0.3 is 14.2 Å². The topological polar surface area (TPSA) is 48.0 Å². The number of fused-ring (bicyclic) bond motifs is 1. The number of carbonyl (C=O) groups is 1. The van der Waals surface area contributed by atoms with Gasteiger partial charge in [0.05, 0.1) is 18.8 Å². The molecular formula is C19H29NO4. The van der Waals surface area contributed by atoms with E-state index in [4.69, 9.17) is 14.2 Å². The number of hydrogen-bond donors (Lipinski definition) is 0. The Hall–Kier alpha value is -1.43. The summed E-state index contributed by atoms with van der Waals surface area (Å²) in [6, 6.07) is 5.76.